The molecule has 0 saturated heterocycles. The van der Waals surface area contributed by atoms with Gasteiger partial charge in [0.15, 0.2) is 0 Å². The minimum Gasteiger partial charge on any atom is -0.323 e. The van der Waals surface area contributed by atoms with Gasteiger partial charge < -0.3 is 15.5 Å². The van der Waals surface area contributed by atoms with E-state index in [1.165, 1.54) is 11.1 Å². The van der Waals surface area contributed by atoms with E-state index in [1.807, 2.05) is 13.1 Å². The van der Waals surface area contributed by atoms with E-state index in [2.05, 4.69) is 50.5 Å². The number of rotatable bonds is 5. The second kappa shape index (κ2) is 6.48. The van der Waals surface area contributed by atoms with Gasteiger partial charge >= 0.3 is 6.03 Å². The van der Waals surface area contributed by atoms with Crippen LogP contribution in [-0.4, -0.2) is 24.5 Å². The highest BCUT2D eigenvalue weighted by atomic mass is 16.2. The lowest BCUT2D eigenvalue weighted by molar-refractivity contribution is 0.218. The SMILES string of the molecule is CCNC(c1ccc2c(c1)CN(C)C(=O)N2)C(C)C(C)C. The van der Waals surface area contributed by atoms with Crippen LogP contribution < -0.4 is 10.6 Å². The van der Waals surface area contributed by atoms with Gasteiger partial charge in [-0.25, -0.2) is 4.79 Å². The van der Waals surface area contributed by atoms with E-state index in [-0.39, 0.29) is 6.03 Å². The quantitative estimate of drug-likeness (QED) is 0.869. The first-order valence-electron chi connectivity index (χ1n) is 7.82. The molecule has 116 valence electrons. The van der Waals surface area contributed by atoms with E-state index in [0.29, 0.717) is 24.4 Å². The predicted molar refractivity (Wildman–Crippen MR) is 87.3 cm³/mol. The van der Waals surface area contributed by atoms with Gasteiger partial charge in [-0.15, -0.1) is 0 Å². The Bertz CT molecular complexity index is 513. The standard InChI is InChI=1S/C17H27N3O/c1-6-18-16(12(4)11(2)3)13-7-8-15-14(9-13)10-20(5)17(21)19-15/h7-9,11-12,16,18H,6,10H2,1-5H3,(H,19,21). The fourth-order valence-electron chi connectivity index (χ4n) is 2.81. The van der Waals surface area contributed by atoms with Crippen molar-refractivity contribution < 1.29 is 4.79 Å². The summed E-state index contributed by atoms with van der Waals surface area (Å²) in [6, 6.07) is 6.72. The van der Waals surface area contributed by atoms with Crippen LogP contribution in [0.15, 0.2) is 18.2 Å². The summed E-state index contributed by atoms with van der Waals surface area (Å²) in [6.45, 7) is 10.6. The molecule has 1 aromatic rings. The molecule has 0 fully saturated rings. The van der Waals surface area contributed by atoms with Crippen molar-refractivity contribution in [2.75, 3.05) is 18.9 Å². The van der Waals surface area contributed by atoms with Crippen molar-refractivity contribution in [3.05, 3.63) is 29.3 Å². The number of anilines is 1. The number of nitrogens with zero attached hydrogens (tertiary/aromatic N) is 1. The molecule has 0 bridgehead atoms. The van der Waals surface area contributed by atoms with E-state index < -0.39 is 0 Å². The van der Waals surface area contributed by atoms with Crippen molar-refractivity contribution >= 4 is 11.7 Å². The van der Waals surface area contributed by atoms with E-state index in [0.717, 1.165) is 12.2 Å². The van der Waals surface area contributed by atoms with Crippen LogP contribution in [0.1, 0.15) is 44.9 Å². The molecule has 0 saturated carbocycles. The summed E-state index contributed by atoms with van der Waals surface area (Å²) in [4.78, 5) is 13.4. The summed E-state index contributed by atoms with van der Waals surface area (Å²) in [5.74, 6) is 1.17. The van der Waals surface area contributed by atoms with Crippen molar-refractivity contribution in [1.29, 1.82) is 0 Å². The van der Waals surface area contributed by atoms with Crippen LogP contribution >= 0.6 is 0 Å². The third-order valence-corrected chi connectivity index (χ3v) is 4.49. The van der Waals surface area contributed by atoms with Gasteiger partial charge in [-0.2, -0.15) is 0 Å². The summed E-state index contributed by atoms with van der Waals surface area (Å²) in [5, 5.41) is 6.53. The van der Waals surface area contributed by atoms with E-state index in [9.17, 15) is 4.79 Å². The van der Waals surface area contributed by atoms with Gasteiger partial charge in [0.25, 0.3) is 0 Å². The van der Waals surface area contributed by atoms with Crippen LogP contribution in [0, 0.1) is 11.8 Å². The summed E-state index contributed by atoms with van der Waals surface area (Å²) in [7, 11) is 1.82. The van der Waals surface area contributed by atoms with Crippen LogP contribution in [0.3, 0.4) is 0 Å². The molecule has 1 aromatic carbocycles. The maximum absolute atomic E-state index is 11.7. The molecule has 2 unspecified atom stereocenters. The molecule has 0 spiro atoms. The fourth-order valence-corrected chi connectivity index (χ4v) is 2.81. The first kappa shape index (κ1) is 15.8. The molecule has 4 heteroatoms. The Hall–Kier alpha value is -1.55. The van der Waals surface area contributed by atoms with Crippen molar-refractivity contribution in [3.63, 3.8) is 0 Å². The average Bonchev–Trinajstić information content (AvgIpc) is 2.45. The van der Waals surface area contributed by atoms with E-state index in [1.54, 1.807) is 4.90 Å². The number of amides is 2. The van der Waals surface area contributed by atoms with Crippen LogP contribution in [0.5, 0.6) is 0 Å². The first-order valence-corrected chi connectivity index (χ1v) is 7.82. The number of benzene rings is 1. The largest absolute Gasteiger partial charge is 0.323 e. The molecular weight excluding hydrogens is 262 g/mol. The number of carbonyl (C=O) groups excluding carboxylic acids is 1. The van der Waals surface area contributed by atoms with Gasteiger partial charge in [-0.05, 0) is 35.6 Å². The van der Waals surface area contributed by atoms with Crippen molar-refractivity contribution in [2.24, 2.45) is 11.8 Å². The zero-order valence-electron chi connectivity index (χ0n) is 13.7. The second-order valence-electron chi connectivity index (χ2n) is 6.34. The number of nitrogens with one attached hydrogen (secondary N) is 2. The maximum Gasteiger partial charge on any atom is 0.321 e. The van der Waals surface area contributed by atoms with Crippen LogP contribution in [0.25, 0.3) is 0 Å². The Morgan fingerprint density at radius 2 is 2.05 bits per heavy atom. The number of hydrogen-bond donors (Lipinski definition) is 2. The van der Waals surface area contributed by atoms with Crippen LogP contribution in [0.2, 0.25) is 0 Å². The molecule has 0 aromatic heterocycles. The molecule has 0 aliphatic carbocycles. The minimum atomic E-state index is -0.0333. The highest BCUT2D eigenvalue weighted by Gasteiger charge is 2.24. The Labute approximate surface area is 127 Å². The lowest BCUT2D eigenvalue weighted by Gasteiger charge is -2.31. The maximum atomic E-state index is 11.7. The van der Waals surface area contributed by atoms with Gasteiger partial charge in [0.1, 0.15) is 0 Å². The Morgan fingerprint density at radius 1 is 1.33 bits per heavy atom. The van der Waals surface area contributed by atoms with Crippen molar-refractivity contribution in [3.8, 4) is 0 Å². The average molecular weight is 289 g/mol. The summed E-state index contributed by atoms with van der Waals surface area (Å²) in [6.07, 6.45) is 0. The zero-order valence-corrected chi connectivity index (χ0v) is 13.7. The molecular formula is C17H27N3O. The first-order chi connectivity index (χ1) is 9.93. The van der Waals surface area contributed by atoms with Gasteiger partial charge in [-0.1, -0.05) is 39.8 Å². The number of hydrogen-bond acceptors (Lipinski definition) is 2. The molecule has 2 atom stereocenters. The predicted octanol–water partition coefficient (Wildman–Crippen LogP) is 3.61. The summed E-state index contributed by atoms with van der Waals surface area (Å²) >= 11 is 0. The van der Waals surface area contributed by atoms with E-state index >= 15 is 0 Å². The minimum absolute atomic E-state index is 0.0333. The molecule has 1 heterocycles. The van der Waals surface area contributed by atoms with Crippen LogP contribution in [0.4, 0.5) is 10.5 Å². The lowest BCUT2D eigenvalue weighted by atomic mass is 9.85. The molecule has 0 radical (unpaired) electrons. The topological polar surface area (TPSA) is 44.4 Å². The smallest absolute Gasteiger partial charge is 0.321 e. The molecule has 21 heavy (non-hydrogen) atoms. The second-order valence-corrected chi connectivity index (χ2v) is 6.34. The summed E-state index contributed by atoms with van der Waals surface area (Å²) < 4.78 is 0. The third kappa shape index (κ3) is 3.38. The number of carbonyl (C=O) groups is 1. The molecule has 4 nitrogen and oxygen atoms in total. The van der Waals surface area contributed by atoms with Gasteiger partial charge in [0.05, 0.1) is 0 Å². The highest BCUT2D eigenvalue weighted by molar-refractivity contribution is 5.92. The monoisotopic (exact) mass is 289 g/mol. The van der Waals surface area contributed by atoms with E-state index in [4.69, 9.17) is 0 Å². The Morgan fingerprint density at radius 3 is 2.67 bits per heavy atom. The molecule has 1 aliphatic rings. The highest BCUT2D eigenvalue weighted by Crippen LogP contribution is 2.31. The zero-order chi connectivity index (χ0) is 15.6. The number of fused-ring (bicyclic) bond motifs is 1. The lowest BCUT2D eigenvalue weighted by Crippen LogP contribution is -2.36. The molecule has 1 aliphatic heterocycles. The van der Waals surface area contributed by atoms with Gasteiger partial charge in [0, 0.05) is 25.3 Å². The fraction of sp³-hybridized carbons (Fsp3) is 0.588. The molecule has 2 rings (SSSR count). The van der Waals surface area contributed by atoms with Crippen LogP contribution in [-0.2, 0) is 6.54 Å². The number of urea groups is 1. The Kier molecular flexibility index (Phi) is 4.88. The summed E-state index contributed by atoms with van der Waals surface area (Å²) in [5.41, 5.74) is 3.43. The van der Waals surface area contributed by atoms with Gasteiger partial charge in [-0.3, -0.25) is 0 Å². The Balaban J connectivity index is 2.31. The molecule has 2 N–H and O–H groups in total. The molecule has 2 amide bonds. The van der Waals surface area contributed by atoms with Crippen molar-refractivity contribution in [1.82, 2.24) is 10.2 Å². The normalized spacial score (nSPS) is 17.4. The van der Waals surface area contributed by atoms with Gasteiger partial charge in [0.2, 0.25) is 0 Å². The van der Waals surface area contributed by atoms with Crippen molar-refractivity contribution in [2.45, 2.75) is 40.3 Å². The third-order valence-electron chi connectivity index (χ3n) is 4.49.